The molecular weight excluding hydrogens is 465 g/mol. The molecule has 2 atom stereocenters. The van der Waals surface area contributed by atoms with Gasteiger partial charge in [-0.15, -0.1) is 11.3 Å². The number of carbonyl (C=O) groups is 1. The fraction of sp³-hybridized carbons (Fsp3) is 0.263. The van der Waals surface area contributed by atoms with Crippen LogP contribution >= 0.6 is 22.9 Å². The third kappa shape index (κ3) is 4.51. The molecule has 2 aromatic heterocycles. The highest BCUT2D eigenvalue weighted by Gasteiger charge is 2.41. The lowest BCUT2D eigenvalue weighted by molar-refractivity contribution is -0.120. The fourth-order valence-corrected chi connectivity index (χ4v) is 5.59. The van der Waals surface area contributed by atoms with Gasteiger partial charge in [0, 0.05) is 38.9 Å². The van der Waals surface area contributed by atoms with Gasteiger partial charge >= 0.3 is 0 Å². The molecule has 4 rings (SSSR count). The second kappa shape index (κ2) is 8.32. The van der Waals surface area contributed by atoms with E-state index in [4.69, 9.17) is 19.8 Å². The zero-order valence-electron chi connectivity index (χ0n) is 21.5. The zero-order chi connectivity index (χ0) is 27.3. The summed E-state index contributed by atoms with van der Waals surface area (Å²) >= 11 is 6.85. The molecule has 0 bridgehead atoms. The lowest BCUT2D eigenvalue weighted by atomic mass is 10.1. The van der Waals surface area contributed by atoms with Crippen molar-refractivity contribution in [3.05, 3.63) is 58.6 Å². The Labute approximate surface area is 196 Å². The van der Waals surface area contributed by atoms with E-state index in [1.165, 1.54) is 12.3 Å². The van der Waals surface area contributed by atoms with Gasteiger partial charge in [0.2, 0.25) is 5.91 Å². The van der Waals surface area contributed by atoms with E-state index in [2.05, 4.69) is 15.0 Å². The molecule has 3 aromatic rings. The first-order valence-electron chi connectivity index (χ1n) is 11.8. The average molecular weight is 490 g/mol. The molecule has 1 saturated heterocycles. The van der Waals surface area contributed by atoms with Crippen LogP contribution in [0.3, 0.4) is 0 Å². The summed E-state index contributed by atoms with van der Waals surface area (Å²) < 4.78 is 88.4. The Balaban J connectivity index is 1.64. The highest BCUT2D eigenvalue weighted by atomic mass is 35.5. The number of benzene rings is 1. The lowest BCUT2D eigenvalue weighted by Crippen LogP contribution is -2.55. The fourth-order valence-electron chi connectivity index (χ4n) is 3.09. The third-order valence-electron chi connectivity index (χ3n) is 4.59. The van der Waals surface area contributed by atoms with E-state index >= 15 is 0 Å². The van der Waals surface area contributed by atoms with Crippen molar-refractivity contribution < 1.29 is 25.8 Å². The molecule has 31 heavy (non-hydrogen) atoms. The van der Waals surface area contributed by atoms with Gasteiger partial charge < -0.3 is 9.88 Å². The van der Waals surface area contributed by atoms with Crippen LogP contribution in [-0.4, -0.2) is 41.2 Å². The number of thiophene rings is 1. The van der Waals surface area contributed by atoms with E-state index in [-0.39, 0.29) is 21.4 Å². The number of nitrogens with zero attached hydrogens (tertiary/aromatic N) is 3. The molecule has 1 aliphatic rings. The SMILES string of the molecule is [2H]C([2H])([2H])N1C(C(=O)Nc2ccc(F)c(Cl)c2)CC(c2ccc(-c3cn(C([2H])([2H])[2H])cn3)s2)NS1(=O)=O. The van der Waals surface area contributed by atoms with E-state index in [0.717, 1.165) is 34.4 Å². The molecule has 0 saturated carbocycles. The van der Waals surface area contributed by atoms with Gasteiger partial charge in [0.05, 0.1) is 28.0 Å². The number of hydrogen-bond acceptors (Lipinski definition) is 5. The average Bonchev–Trinajstić information content (AvgIpc) is 3.43. The van der Waals surface area contributed by atoms with Crippen molar-refractivity contribution in [1.82, 2.24) is 18.6 Å². The van der Waals surface area contributed by atoms with E-state index in [1.807, 2.05) is 0 Å². The molecule has 1 amide bonds. The number of carbonyl (C=O) groups excluding carboxylic acids is 1. The third-order valence-corrected chi connectivity index (χ3v) is 7.45. The normalized spacial score (nSPS) is 24.8. The molecule has 1 fully saturated rings. The van der Waals surface area contributed by atoms with E-state index in [1.54, 1.807) is 12.1 Å². The maximum absolute atomic E-state index is 13.5. The maximum Gasteiger partial charge on any atom is 0.280 e. The second-order valence-electron chi connectivity index (χ2n) is 6.71. The molecule has 0 spiro atoms. The van der Waals surface area contributed by atoms with Gasteiger partial charge in [0.15, 0.2) is 0 Å². The number of hydrogen-bond donors (Lipinski definition) is 2. The smallest absolute Gasteiger partial charge is 0.280 e. The first kappa shape index (κ1) is 15.5. The quantitative estimate of drug-likeness (QED) is 0.588. The van der Waals surface area contributed by atoms with Gasteiger partial charge in [0.1, 0.15) is 11.9 Å². The molecule has 1 aromatic carbocycles. The predicted octanol–water partition coefficient (Wildman–Crippen LogP) is 3.16. The summed E-state index contributed by atoms with van der Waals surface area (Å²) in [5, 5.41) is 2.12. The summed E-state index contributed by atoms with van der Waals surface area (Å²) in [6.07, 6.45) is 2.23. The number of halogens is 2. The molecule has 2 unspecified atom stereocenters. The molecule has 3 heterocycles. The Morgan fingerprint density at radius 1 is 1.39 bits per heavy atom. The molecule has 12 heteroatoms. The Kier molecular flexibility index (Phi) is 4.16. The van der Waals surface area contributed by atoms with Gasteiger partial charge in [-0.05, 0) is 36.8 Å². The maximum atomic E-state index is 13.5. The summed E-state index contributed by atoms with van der Waals surface area (Å²) in [6.45, 7) is -5.60. The monoisotopic (exact) mass is 489 g/mol. The van der Waals surface area contributed by atoms with Crippen LogP contribution in [0.15, 0.2) is 42.9 Å². The van der Waals surface area contributed by atoms with Gasteiger partial charge in [-0.1, -0.05) is 11.6 Å². The molecule has 1 aliphatic heterocycles. The minimum atomic E-state index is -4.66. The van der Waals surface area contributed by atoms with Crippen LogP contribution in [0.25, 0.3) is 10.6 Å². The van der Waals surface area contributed by atoms with Crippen molar-refractivity contribution in [2.24, 2.45) is 6.98 Å². The number of anilines is 1. The standard InChI is InChI=1S/C19H19ClFN5O3S2/c1-25-9-15(22-10-25)18-6-5-17(30-18)14-8-16(26(2)31(28,29)24-14)19(27)23-11-3-4-13(21)12(20)7-11/h3-7,9-10,14,16,24H,8H2,1-2H3,(H,23,27)/i1D3,2D3. The lowest BCUT2D eigenvalue weighted by Gasteiger charge is -2.35. The number of nitrogens with one attached hydrogen (secondary N) is 2. The summed E-state index contributed by atoms with van der Waals surface area (Å²) in [6, 6.07) is 3.91. The van der Waals surface area contributed by atoms with Crippen molar-refractivity contribution >= 4 is 44.7 Å². The number of likely N-dealkylation sites (N-methyl/N-ethyl adjacent to an activating group) is 1. The second-order valence-corrected chi connectivity index (χ2v) is 9.81. The van der Waals surface area contributed by atoms with Gasteiger partial charge in [-0.2, -0.15) is 17.4 Å². The predicted molar refractivity (Wildman–Crippen MR) is 118 cm³/mol. The van der Waals surface area contributed by atoms with Gasteiger partial charge in [-0.3, -0.25) is 4.79 Å². The van der Waals surface area contributed by atoms with E-state index < -0.39 is 48.0 Å². The minimum absolute atomic E-state index is 0.0534. The number of imidazole rings is 1. The van der Waals surface area contributed by atoms with Crippen molar-refractivity contribution in [3.63, 3.8) is 0 Å². The zero-order valence-corrected chi connectivity index (χ0v) is 17.9. The number of rotatable bonds is 4. The highest BCUT2D eigenvalue weighted by Crippen LogP contribution is 2.35. The van der Waals surface area contributed by atoms with Crippen LogP contribution in [0.4, 0.5) is 10.1 Å². The van der Waals surface area contributed by atoms with Crippen molar-refractivity contribution in [3.8, 4) is 10.6 Å². The molecule has 164 valence electrons. The first-order chi connectivity index (χ1) is 17.1. The highest BCUT2D eigenvalue weighted by molar-refractivity contribution is 7.87. The Morgan fingerprint density at radius 3 is 2.94 bits per heavy atom. The summed E-state index contributed by atoms with van der Waals surface area (Å²) in [4.78, 5) is 18.2. The van der Waals surface area contributed by atoms with Gasteiger partial charge in [0.25, 0.3) is 10.2 Å². The topological polar surface area (TPSA) is 96.3 Å². The van der Waals surface area contributed by atoms with Crippen molar-refractivity contribution in [1.29, 1.82) is 0 Å². The van der Waals surface area contributed by atoms with Crippen LogP contribution in [0.5, 0.6) is 0 Å². The minimum Gasteiger partial charge on any atom is -0.340 e. The Morgan fingerprint density at radius 2 is 2.23 bits per heavy atom. The molecule has 2 N–H and O–H groups in total. The number of aromatic nitrogens is 2. The number of amides is 1. The molecule has 0 aliphatic carbocycles. The molecule has 0 radical (unpaired) electrons. The van der Waals surface area contributed by atoms with Crippen molar-refractivity contribution in [2.45, 2.75) is 18.5 Å². The van der Waals surface area contributed by atoms with Crippen LogP contribution < -0.4 is 10.0 Å². The Hall–Kier alpha value is -2.31. The largest absolute Gasteiger partial charge is 0.340 e. The van der Waals surface area contributed by atoms with Crippen LogP contribution in [-0.2, 0) is 22.0 Å². The first-order valence-corrected chi connectivity index (χ1v) is 11.4. The van der Waals surface area contributed by atoms with Crippen LogP contribution in [0.2, 0.25) is 5.02 Å². The summed E-state index contributed by atoms with van der Waals surface area (Å²) in [5.74, 6) is -1.67. The summed E-state index contributed by atoms with van der Waals surface area (Å²) in [7, 11) is -4.66. The van der Waals surface area contributed by atoms with Crippen molar-refractivity contribution in [2.75, 3.05) is 12.3 Å². The molecular formula is C19H19ClFN5O3S2. The Bertz CT molecular complexity index is 1440. The van der Waals surface area contributed by atoms with Crippen LogP contribution in [0, 0.1) is 5.82 Å². The number of aryl methyl sites for hydroxylation is 1. The van der Waals surface area contributed by atoms with E-state index in [0.29, 0.717) is 15.4 Å². The van der Waals surface area contributed by atoms with Crippen LogP contribution in [0.1, 0.15) is 25.6 Å². The molecule has 8 nitrogen and oxygen atoms in total. The van der Waals surface area contributed by atoms with E-state index in [9.17, 15) is 17.6 Å². The van der Waals surface area contributed by atoms with Gasteiger partial charge in [-0.25, -0.2) is 9.37 Å². The summed E-state index contributed by atoms with van der Waals surface area (Å²) in [5.41, 5.74) is 0.398.